The maximum absolute atomic E-state index is 11.9. The summed E-state index contributed by atoms with van der Waals surface area (Å²) in [5, 5.41) is 6.15. The number of aliphatic imine (C=N–C) groups is 1. The molecule has 1 unspecified atom stereocenters. The minimum Gasteiger partial charge on any atom is -0.350 e. The molecule has 1 saturated heterocycles. The SMILES string of the molecule is CCC(CC)C1CCN(C(=NC)NCC(=O)NC(C)(C)C)C1. The number of hydrogen-bond donors (Lipinski definition) is 2. The minimum absolute atomic E-state index is 0.00406. The summed E-state index contributed by atoms with van der Waals surface area (Å²) >= 11 is 0. The highest BCUT2D eigenvalue weighted by atomic mass is 16.2. The number of hydrogen-bond acceptors (Lipinski definition) is 2. The minimum atomic E-state index is -0.198. The average molecular weight is 310 g/mol. The van der Waals surface area contributed by atoms with Crippen molar-refractivity contribution in [2.24, 2.45) is 16.8 Å². The summed E-state index contributed by atoms with van der Waals surface area (Å²) in [6.07, 6.45) is 3.71. The van der Waals surface area contributed by atoms with Gasteiger partial charge in [0.25, 0.3) is 0 Å². The third-order valence-corrected chi connectivity index (χ3v) is 4.37. The van der Waals surface area contributed by atoms with Crippen LogP contribution in [0.2, 0.25) is 0 Å². The Balaban J connectivity index is 2.48. The van der Waals surface area contributed by atoms with E-state index in [9.17, 15) is 4.79 Å². The second kappa shape index (κ2) is 8.39. The van der Waals surface area contributed by atoms with Gasteiger partial charge in [-0.1, -0.05) is 26.7 Å². The van der Waals surface area contributed by atoms with Gasteiger partial charge in [0.1, 0.15) is 0 Å². The van der Waals surface area contributed by atoms with Crippen molar-refractivity contribution in [3.63, 3.8) is 0 Å². The summed E-state index contributed by atoms with van der Waals surface area (Å²) in [4.78, 5) is 18.5. The van der Waals surface area contributed by atoms with Crippen molar-refractivity contribution in [2.75, 3.05) is 26.7 Å². The molecule has 1 rings (SSSR count). The van der Waals surface area contributed by atoms with Gasteiger partial charge in [0, 0.05) is 25.7 Å². The molecule has 0 aliphatic carbocycles. The molecule has 1 heterocycles. The molecule has 128 valence electrons. The van der Waals surface area contributed by atoms with Crippen molar-refractivity contribution < 1.29 is 4.79 Å². The number of nitrogens with one attached hydrogen (secondary N) is 2. The number of nitrogens with zero attached hydrogens (tertiary/aromatic N) is 2. The van der Waals surface area contributed by atoms with Gasteiger partial charge in [-0.2, -0.15) is 0 Å². The Bertz CT molecular complexity index is 383. The number of likely N-dealkylation sites (tertiary alicyclic amines) is 1. The Morgan fingerprint density at radius 2 is 1.95 bits per heavy atom. The Labute approximate surface area is 135 Å². The summed E-state index contributed by atoms with van der Waals surface area (Å²) in [7, 11) is 1.79. The van der Waals surface area contributed by atoms with Gasteiger partial charge in [-0.25, -0.2) is 0 Å². The summed E-state index contributed by atoms with van der Waals surface area (Å²) in [5.74, 6) is 2.39. The third kappa shape index (κ3) is 5.85. The van der Waals surface area contributed by atoms with Crippen LogP contribution < -0.4 is 10.6 Å². The van der Waals surface area contributed by atoms with E-state index in [1.807, 2.05) is 20.8 Å². The molecule has 0 radical (unpaired) electrons. The van der Waals surface area contributed by atoms with Crippen molar-refractivity contribution in [3.05, 3.63) is 0 Å². The van der Waals surface area contributed by atoms with Crippen LogP contribution >= 0.6 is 0 Å². The van der Waals surface area contributed by atoms with E-state index in [1.54, 1.807) is 7.05 Å². The normalized spacial score (nSPS) is 19.7. The highest BCUT2D eigenvalue weighted by Gasteiger charge is 2.29. The van der Waals surface area contributed by atoms with Gasteiger partial charge >= 0.3 is 0 Å². The Hall–Kier alpha value is -1.26. The summed E-state index contributed by atoms with van der Waals surface area (Å²) in [5.41, 5.74) is -0.198. The van der Waals surface area contributed by atoms with E-state index in [0.29, 0.717) is 0 Å². The third-order valence-electron chi connectivity index (χ3n) is 4.37. The van der Waals surface area contributed by atoms with Gasteiger partial charge in [0.2, 0.25) is 5.91 Å². The topological polar surface area (TPSA) is 56.7 Å². The van der Waals surface area contributed by atoms with Gasteiger partial charge in [-0.15, -0.1) is 0 Å². The number of rotatable bonds is 5. The maximum Gasteiger partial charge on any atom is 0.239 e. The highest BCUT2D eigenvalue weighted by molar-refractivity contribution is 5.86. The number of carbonyl (C=O) groups is 1. The van der Waals surface area contributed by atoms with Crippen molar-refractivity contribution in [1.29, 1.82) is 0 Å². The van der Waals surface area contributed by atoms with Crippen LogP contribution in [0.15, 0.2) is 4.99 Å². The quantitative estimate of drug-likeness (QED) is 0.605. The van der Waals surface area contributed by atoms with Crippen molar-refractivity contribution in [2.45, 2.75) is 59.4 Å². The first-order chi connectivity index (χ1) is 10.3. The molecular formula is C17H34N4O. The fraction of sp³-hybridized carbons (Fsp3) is 0.882. The predicted octanol–water partition coefficient (Wildman–Crippen LogP) is 2.23. The van der Waals surface area contributed by atoms with Crippen molar-refractivity contribution in [3.8, 4) is 0 Å². The first kappa shape index (κ1) is 18.8. The Morgan fingerprint density at radius 1 is 1.32 bits per heavy atom. The predicted molar refractivity (Wildman–Crippen MR) is 93.0 cm³/mol. The molecular weight excluding hydrogens is 276 g/mol. The van der Waals surface area contributed by atoms with Crippen LogP contribution in [0.3, 0.4) is 0 Å². The molecule has 1 amide bonds. The highest BCUT2D eigenvalue weighted by Crippen LogP contribution is 2.28. The van der Waals surface area contributed by atoms with Crippen LogP contribution in [0.4, 0.5) is 0 Å². The monoisotopic (exact) mass is 310 g/mol. The first-order valence-corrected chi connectivity index (χ1v) is 8.57. The zero-order valence-electron chi connectivity index (χ0n) is 15.2. The molecule has 1 atom stereocenters. The number of guanidine groups is 1. The van der Waals surface area contributed by atoms with E-state index < -0.39 is 0 Å². The lowest BCUT2D eigenvalue weighted by Crippen LogP contribution is -2.48. The lowest BCUT2D eigenvalue weighted by Gasteiger charge is -2.25. The lowest BCUT2D eigenvalue weighted by atomic mass is 9.87. The fourth-order valence-electron chi connectivity index (χ4n) is 3.27. The zero-order chi connectivity index (χ0) is 16.8. The standard InChI is InChI=1S/C17H34N4O/c1-7-13(8-2)14-9-10-21(12-14)16(18-6)19-11-15(22)20-17(3,4)5/h13-14H,7-12H2,1-6H3,(H,18,19)(H,20,22). The Kier molecular flexibility index (Phi) is 7.17. The molecule has 0 aromatic heterocycles. The van der Waals surface area contributed by atoms with E-state index in [-0.39, 0.29) is 18.0 Å². The van der Waals surface area contributed by atoms with E-state index in [2.05, 4.69) is 34.4 Å². The van der Waals surface area contributed by atoms with E-state index in [1.165, 1.54) is 19.3 Å². The molecule has 22 heavy (non-hydrogen) atoms. The van der Waals surface area contributed by atoms with Crippen LogP contribution in [0.1, 0.15) is 53.9 Å². The molecule has 1 aliphatic rings. The van der Waals surface area contributed by atoms with Crippen LogP contribution in [-0.2, 0) is 4.79 Å². The molecule has 0 aromatic rings. The molecule has 0 aromatic carbocycles. The average Bonchev–Trinajstić information content (AvgIpc) is 2.88. The molecule has 0 bridgehead atoms. The van der Waals surface area contributed by atoms with Crippen LogP contribution in [0.25, 0.3) is 0 Å². The van der Waals surface area contributed by atoms with Gasteiger partial charge in [-0.05, 0) is 39.0 Å². The number of carbonyl (C=O) groups excluding carboxylic acids is 1. The van der Waals surface area contributed by atoms with Gasteiger partial charge in [-0.3, -0.25) is 9.79 Å². The van der Waals surface area contributed by atoms with Gasteiger partial charge in [0.15, 0.2) is 5.96 Å². The smallest absolute Gasteiger partial charge is 0.239 e. The van der Waals surface area contributed by atoms with Gasteiger partial charge in [0.05, 0.1) is 6.54 Å². The van der Waals surface area contributed by atoms with Crippen molar-refractivity contribution in [1.82, 2.24) is 15.5 Å². The molecule has 0 saturated carbocycles. The van der Waals surface area contributed by atoms with E-state index in [4.69, 9.17) is 0 Å². The van der Waals surface area contributed by atoms with E-state index in [0.717, 1.165) is 30.9 Å². The molecule has 0 spiro atoms. The Morgan fingerprint density at radius 3 is 2.45 bits per heavy atom. The van der Waals surface area contributed by atoms with Crippen molar-refractivity contribution >= 4 is 11.9 Å². The molecule has 5 nitrogen and oxygen atoms in total. The summed E-state index contributed by atoms with van der Waals surface area (Å²) < 4.78 is 0. The molecule has 2 N–H and O–H groups in total. The van der Waals surface area contributed by atoms with Crippen LogP contribution in [0.5, 0.6) is 0 Å². The second-order valence-electron chi connectivity index (χ2n) is 7.27. The lowest BCUT2D eigenvalue weighted by molar-refractivity contribution is -0.121. The summed E-state index contributed by atoms with van der Waals surface area (Å²) in [6.45, 7) is 12.9. The molecule has 1 aliphatic heterocycles. The van der Waals surface area contributed by atoms with Crippen LogP contribution in [0, 0.1) is 11.8 Å². The maximum atomic E-state index is 11.9. The molecule has 5 heteroatoms. The van der Waals surface area contributed by atoms with Crippen LogP contribution in [-0.4, -0.2) is 49.0 Å². The molecule has 1 fully saturated rings. The number of amides is 1. The first-order valence-electron chi connectivity index (χ1n) is 8.57. The fourth-order valence-corrected chi connectivity index (χ4v) is 3.27. The van der Waals surface area contributed by atoms with Gasteiger partial charge < -0.3 is 15.5 Å². The largest absolute Gasteiger partial charge is 0.350 e. The second-order valence-corrected chi connectivity index (χ2v) is 7.27. The van der Waals surface area contributed by atoms with E-state index >= 15 is 0 Å². The zero-order valence-corrected chi connectivity index (χ0v) is 15.2. The summed E-state index contributed by atoms with van der Waals surface area (Å²) in [6, 6.07) is 0.